The monoisotopic (exact) mass is 333 g/mol. The summed E-state index contributed by atoms with van der Waals surface area (Å²) in [4.78, 5) is 16.1. The summed E-state index contributed by atoms with van der Waals surface area (Å²) in [5.74, 6) is 0. The molecule has 1 aromatic carbocycles. The van der Waals surface area contributed by atoms with Crippen LogP contribution < -0.4 is 10.6 Å². The standard InChI is InChI=1S/C15H16BrN3O/c1-10-7-12(16)8-11(2)14(10)19-15(20)18-9-13-5-3-4-6-17-13/h3-8H,9H2,1-2H3,(H2,18,19,20). The van der Waals surface area contributed by atoms with E-state index in [2.05, 4.69) is 31.5 Å². The van der Waals surface area contributed by atoms with Gasteiger partial charge in [-0.05, 0) is 49.2 Å². The predicted molar refractivity (Wildman–Crippen MR) is 83.7 cm³/mol. The molecule has 4 nitrogen and oxygen atoms in total. The maximum absolute atomic E-state index is 11.9. The molecule has 104 valence electrons. The van der Waals surface area contributed by atoms with Crippen LogP contribution in [-0.4, -0.2) is 11.0 Å². The van der Waals surface area contributed by atoms with Gasteiger partial charge in [0, 0.05) is 16.4 Å². The summed E-state index contributed by atoms with van der Waals surface area (Å²) in [6, 6.07) is 9.33. The third-order valence-corrected chi connectivity index (χ3v) is 3.35. The Bertz CT molecular complexity index is 591. The van der Waals surface area contributed by atoms with E-state index in [4.69, 9.17) is 0 Å². The van der Waals surface area contributed by atoms with E-state index < -0.39 is 0 Å². The molecule has 1 aromatic heterocycles. The number of carbonyl (C=O) groups excluding carboxylic acids is 1. The Hall–Kier alpha value is -1.88. The highest BCUT2D eigenvalue weighted by Gasteiger charge is 2.08. The van der Waals surface area contributed by atoms with E-state index in [9.17, 15) is 4.79 Å². The van der Waals surface area contributed by atoms with Crippen molar-refractivity contribution in [2.24, 2.45) is 0 Å². The largest absolute Gasteiger partial charge is 0.332 e. The third kappa shape index (κ3) is 3.81. The van der Waals surface area contributed by atoms with Gasteiger partial charge >= 0.3 is 6.03 Å². The van der Waals surface area contributed by atoms with Crippen LogP contribution in [0.4, 0.5) is 10.5 Å². The van der Waals surface area contributed by atoms with Crippen LogP contribution in [0.5, 0.6) is 0 Å². The molecule has 0 fully saturated rings. The van der Waals surface area contributed by atoms with Crippen molar-refractivity contribution in [3.8, 4) is 0 Å². The van der Waals surface area contributed by atoms with Gasteiger partial charge in [0.1, 0.15) is 0 Å². The number of halogens is 1. The lowest BCUT2D eigenvalue weighted by Crippen LogP contribution is -2.29. The van der Waals surface area contributed by atoms with E-state index in [0.29, 0.717) is 6.54 Å². The van der Waals surface area contributed by atoms with Crippen LogP contribution in [0, 0.1) is 13.8 Å². The van der Waals surface area contributed by atoms with Crippen molar-refractivity contribution >= 4 is 27.6 Å². The molecule has 0 saturated heterocycles. The van der Waals surface area contributed by atoms with Crippen molar-refractivity contribution in [3.63, 3.8) is 0 Å². The molecule has 5 heteroatoms. The number of aromatic nitrogens is 1. The van der Waals surface area contributed by atoms with Crippen LogP contribution in [0.1, 0.15) is 16.8 Å². The Morgan fingerprint density at radius 3 is 2.55 bits per heavy atom. The van der Waals surface area contributed by atoms with Gasteiger partial charge in [0.05, 0.1) is 12.2 Å². The van der Waals surface area contributed by atoms with Crippen LogP contribution in [0.25, 0.3) is 0 Å². The molecule has 0 bridgehead atoms. The van der Waals surface area contributed by atoms with Gasteiger partial charge in [-0.3, -0.25) is 4.98 Å². The van der Waals surface area contributed by atoms with E-state index in [1.165, 1.54) is 0 Å². The number of nitrogens with zero attached hydrogens (tertiary/aromatic N) is 1. The maximum atomic E-state index is 11.9. The van der Waals surface area contributed by atoms with Crippen molar-refractivity contribution < 1.29 is 4.79 Å². The van der Waals surface area contributed by atoms with Crippen LogP contribution in [-0.2, 0) is 6.54 Å². The number of rotatable bonds is 3. The molecule has 2 amide bonds. The zero-order valence-electron chi connectivity index (χ0n) is 11.4. The topological polar surface area (TPSA) is 54.0 Å². The molecule has 0 radical (unpaired) electrons. The van der Waals surface area contributed by atoms with E-state index in [1.807, 2.05) is 44.2 Å². The molecule has 0 aliphatic heterocycles. The van der Waals surface area contributed by atoms with Gasteiger partial charge in [-0.15, -0.1) is 0 Å². The van der Waals surface area contributed by atoms with E-state index in [0.717, 1.165) is 27.0 Å². The number of nitrogens with one attached hydrogen (secondary N) is 2. The maximum Gasteiger partial charge on any atom is 0.319 e. The second-order valence-corrected chi connectivity index (χ2v) is 5.46. The number of carbonyl (C=O) groups is 1. The molecule has 0 saturated carbocycles. The van der Waals surface area contributed by atoms with Crippen molar-refractivity contribution in [2.45, 2.75) is 20.4 Å². The number of aryl methyl sites for hydroxylation is 2. The molecule has 1 heterocycles. The average Bonchev–Trinajstić information content (AvgIpc) is 2.42. The zero-order valence-corrected chi connectivity index (χ0v) is 13.0. The molecule has 0 atom stereocenters. The van der Waals surface area contributed by atoms with Crippen molar-refractivity contribution in [3.05, 3.63) is 57.8 Å². The smallest absolute Gasteiger partial charge is 0.319 e. The molecule has 0 spiro atoms. The Morgan fingerprint density at radius 1 is 1.25 bits per heavy atom. The van der Waals surface area contributed by atoms with Gasteiger partial charge in [-0.25, -0.2) is 4.79 Å². The molecule has 20 heavy (non-hydrogen) atoms. The predicted octanol–water partition coefficient (Wildman–Crippen LogP) is 3.78. The van der Waals surface area contributed by atoms with Crippen LogP contribution in [0.15, 0.2) is 41.0 Å². The lowest BCUT2D eigenvalue weighted by molar-refractivity contribution is 0.251. The van der Waals surface area contributed by atoms with E-state index in [-0.39, 0.29) is 6.03 Å². The Labute approximate surface area is 126 Å². The Kier molecular flexibility index (Phi) is 4.74. The van der Waals surface area contributed by atoms with Crippen molar-refractivity contribution in [1.82, 2.24) is 10.3 Å². The third-order valence-electron chi connectivity index (χ3n) is 2.89. The zero-order chi connectivity index (χ0) is 14.5. The summed E-state index contributed by atoms with van der Waals surface area (Å²) in [5.41, 5.74) is 3.70. The first kappa shape index (κ1) is 14.5. The highest BCUT2D eigenvalue weighted by molar-refractivity contribution is 9.10. The first-order valence-corrected chi connectivity index (χ1v) is 7.07. The fraction of sp³-hybridized carbons (Fsp3) is 0.200. The second kappa shape index (κ2) is 6.52. The molecular formula is C15H16BrN3O. The quantitative estimate of drug-likeness (QED) is 0.897. The summed E-state index contributed by atoms with van der Waals surface area (Å²) in [6.45, 7) is 4.33. The SMILES string of the molecule is Cc1cc(Br)cc(C)c1NC(=O)NCc1ccccn1. The minimum absolute atomic E-state index is 0.232. The van der Waals surface area contributed by atoms with Crippen LogP contribution >= 0.6 is 15.9 Å². The molecule has 0 unspecified atom stereocenters. The lowest BCUT2D eigenvalue weighted by atomic mass is 10.1. The van der Waals surface area contributed by atoms with Gasteiger partial charge in [0.15, 0.2) is 0 Å². The van der Waals surface area contributed by atoms with Gasteiger partial charge < -0.3 is 10.6 Å². The first-order valence-electron chi connectivity index (χ1n) is 6.28. The Morgan fingerprint density at radius 2 is 1.95 bits per heavy atom. The van der Waals surface area contributed by atoms with Crippen LogP contribution in [0.3, 0.4) is 0 Å². The highest BCUT2D eigenvalue weighted by atomic mass is 79.9. The van der Waals surface area contributed by atoms with Crippen molar-refractivity contribution in [2.75, 3.05) is 5.32 Å². The number of hydrogen-bond donors (Lipinski definition) is 2. The first-order chi connectivity index (χ1) is 9.56. The average molecular weight is 334 g/mol. The number of benzene rings is 1. The summed E-state index contributed by atoms with van der Waals surface area (Å²) in [5, 5.41) is 5.67. The lowest BCUT2D eigenvalue weighted by Gasteiger charge is -2.13. The highest BCUT2D eigenvalue weighted by Crippen LogP contribution is 2.24. The fourth-order valence-corrected chi connectivity index (χ4v) is 2.63. The molecule has 0 aliphatic rings. The number of pyridine rings is 1. The van der Waals surface area contributed by atoms with Crippen LogP contribution in [0.2, 0.25) is 0 Å². The minimum atomic E-state index is -0.232. The summed E-state index contributed by atoms with van der Waals surface area (Å²) >= 11 is 3.44. The molecule has 2 rings (SSSR count). The van der Waals surface area contributed by atoms with Gasteiger partial charge in [-0.2, -0.15) is 0 Å². The normalized spacial score (nSPS) is 10.2. The number of urea groups is 1. The van der Waals surface area contributed by atoms with Gasteiger partial charge in [-0.1, -0.05) is 22.0 Å². The molecule has 2 N–H and O–H groups in total. The molecule has 0 aliphatic carbocycles. The minimum Gasteiger partial charge on any atom is -0.332 e. The molecule has 2 aromatic rings. The number of anilines is 1. The van der Waals surface area contributed by atoms with Gasteiger partial charge in [0.2, 0.25) is 0 Å². The van der Waals surface area contributed by atoms with E-state index in [1.54, 1.807) is 6.20 Å². The van der Waals surface area contributed by atoms with Crippen molar-refractivity contribution in [1.29, 1.82) is 0 Å². The van der Waals surface area contributed by atoms with Gasteiger partial charge in [0.25, 0.3) is 0 Å². The van der Waals surface area contributed by atoms with E-state index >= 15 is 0 Å². The summed E-state index contributed by atoms with van der Waals surface area (Å²) in [7, 11) is 0. The summed E-state index contributed by atoms with van der Waals surface area (Å²) in [6.07, 6.45) is 1.71. The fourth-order valence-electron chi connectivity index (χ4n) is 1.94. The second-order valence-electron chi connectivity index (χ2n) is 4.54. The number of amides is 2. The number of hydrogen-bond acceptors (Lipinski definition) is 2. The Balaban J connectivity index is 1.98. The summed E-state index contributed by atoms with van der Waals surface area (Å²) < 4.78 is 1.01. The molecular weight excluding hydrogens is 318 g/mol.